The molecule has 1 saturated heterocycles. The molecule has 1 heterocycles. The van der Waals surface area contributed by atoms with Crippen molar-refractivity contribution in [3.05, 3.63) is 29.3 Å². The molecule has 0 saturated carbocycles. The molecule has 94 valence electrons. The number of anilines is 1. The molecule has 1 aromatic rings. The average Bonchev–Trinajstić information content (AvgIpc) is 2.39. The molecule has 1 fully saturated rings. The van der Waals surface area contributed by atoms with Crippen LogP contribution in [0.25, 0.3) is 0 Å². The molecule has 2 rings (SSSR count). The van der Waals surface area contributed by atoms with E-state index in [-0.39, 0.29) is 0 Å². The lowest BCUT2D eigenvalue weighted by molar-refractivity contribution is 0.271. The number of rotatable bonds is 3. The summed E-state index contributed by atoms with van der Waals surface area (Å²) >= 11 is 0. The fourth-order valence-corrected chi connectivity index (χ4v) is 2.50. The number of hydrogen-bond acceptors (Lipinski definition) is 3. The number of nitrogens with zero attached hydrogens (tertiary/aromatic N) is 2. The Kier molecular flexibility index (Phi) is 4.02. The first-order chi connectivity index (χ1) is 8.24. The van der Waals surface area contributed by atoms with Gasteiger partial charge in [0, 0.05) is 38.4 Å². The molecular formula is C14H23N3. The number of piperazine rings is 1. The van der Waals surface area contributed by atoms with Gasteiger partial charge in [0.05, 0.1) is 0 Å². The van der Waals surface area contributed by atoms with Crippen LogP contribution in [0.15, 0.2) is 18.2 Å². The maximum atomic E-state index is 5.66. The van der Waals surface area contributed by atoms with Gasteiger partial charge in [-0.05, 0) is 30.7 Å². The van der Waals surface area contributed by atoms with Crippen molar-refractivity contribution in [1.29, 1.82) is 0 Å². The minimum atomic E-state index is 0.630. The number of hydrogen-bond donors (Lipinski definition) is 1. The van der Waals surface area contributed by atoms with E-state index in [0.717, 1.165) is 13.1 Å². The van der Waals surface area contributed by atoms with Crippen LogP contribution in [0, 0.1) is 6.92 Å². The van der Waals surface area contributed by atoms with E-state index in [1.165, 1.54) is 36.4 Å². The van der Waals surface area contributed by atoms with Crippen molar-refractivity contribution < 1.29 is 0 Å². The summed E-state index contributed by atoms with van der Waals surface area (Å²) in [6.45, 7) is 10.8. The summed E-state index contributed by atoms with van der Waals surface area (Å²) in [5.74, 6) is 0. The standard InChI is InChI=1S/C14H23N3/c1-3-16-6-8-17(9-7-16)14-5-4-13(11-15)10-12(14)2/h4-5,10H,3,6-9,11,15H2,1-2H3. The number of benzene rings is 1. The molecule has 0 aromatic heterocycles. The Hall–Kier alpha value is -1.06. The lowest BCUT2D eigenvalue weighted by Gasteiger charge is -2.36. The number of likely N-dealkylation sites (N-methyl/N-ethyl adjacent to an activating group) is 1. The van der Waals surface area contributed by atoms with Crippen molar-refractivity contribution in [2.75, 3.05) is 37.6 Å². The molecule has 2 N–H and O–H groups in total. The highest BCUT2D eigenvalue weighted by Crippen LogP contribution is 2.22. The van der Waals surface area contributed by atoms with E-state index in [2.05, 4.69) is 41.8 Å². The number of nitrogens with two attached hydrogens (primary N) is 1. The smallest absolute Gasteiger partial charge is 0.0397 e. The zero-order chi connectivity index (χ0) is 12.3. The summed E-state index contributed by atoms with van der Waals surface area (Å²) in [7, 11) is 0. The zero-order valence-corrected chi connectivity index (χ0v) is 10.9. The van der Waals surface area contributed by atoms with Gasteiger partial charge in [-0.3, -0.25) is 0 Å². The van der Waals surface area contributed by atoms with Gasteiger partial charge in [0.15, 0.2) is 0 Å². The van der Waals surface area contributed by atoms with Gasteiger partial charge in [-0.1, -0.05) is 19.1 Å². The quantitative estimate of drug-likeness (QED) is 0.860. The lowest BCUT2D eigenvalue weighted by Crippen LogP contribution is -2.46. The van der Waals surface area contributed by atoms with Gasteiger partial charge in [0.25, 0.3) is 0 Å². The Morgan fingerprint density at radius 3 is 2.41 bits per heavy atom. The molecule has 3 heteroatoms. The normalized spacial score (nSPS) is 17.5. The Morgan fingerprint density at radius 2 is 1.88 bits per heavy atom. The second kappa shape index (κ2) is 5.52. The maximum absolute atomic E-state index is 5.66. The van der Waals surface area contributed by atoms with Crippen LogP contribution in [-0.4, -0.2) is 37.6 Å². The molecule has 0 atom stereocenters. The van der Waals surface area contributed by atoms with Crippen LogP contribution in [0.1, 0.15) is 18.1 Å². The first kappa shape index (κ1) is 12.4. The van der Waals surface area contributed by atoms with Crippen molar-refractivity contribution >= 4 is 5.69 Å². The Bertz CT molecular complexity index is 368. The molecule has 0 amide bonds. The van der Waals surface area contributed by atoms with E-state index in [1.54, 1.807) is 0 Å². The predicted octanol–water partition coefficient (Wildman–Crippen LogP) is 1.60. The van der Waals surface area contributed by atoms with Crippen molar-refractivity contribution in [2.45, 2.75) is 20.4 Å². The van der Waals surface area contributed by atoms with Gasteiger partial charge < -0.3 is 15.5 Å². The Balaban J connectivity index is 2.08. The van der Waals surface area contributed by atoms with E-state index in [1.807, 2.05) is 0 Å². The summed E-state index contributed by atoms with van der Waals surface area (Å²) in [6, 6.07) is 6.58. The van der Waals surface area contributed by atoms with Crippen LogP contribution in [0.3, 0.4) is 0 Å². The summed E-state index contributed by atoms with van der Waals surface area (Å²) in [4.78, 5) is 4.99. The van der Waals surface area contributed by atoms with E-state index in [9.17, 15) is 0 Å². The maximum Gasteiger partial charge on any atom is 0.0397 e. The molecule has 17 heavy (non-hydrogen) atoms. The second-order valence-corrected chi connectivity index (χ2v) is 4.75. The van der Waals surface area contributed by atoms with Gasteiger partial charge in [-0.25, -0.2) is 0 Å². The molecule has 1 aliphatic heterocycles. The van der Waals surface area contributed by atoms with Crippen LogP contribution in [0.2, 0.25) is 0 Å². The molecular weight excluding hydrogens is 210 g/mol. The fourth-order valence-electron chi connectivity index (χ4n) is 2.50. The van der Waals surface area contributed by atoms with Crippen molar-refractivity contribution in [3.63, 3.8) is 0 Å². The lowest BCUT2D eigenvalue weighted by atomic mass is 10.1. The van der Waals surface area contributed by atoms with Crippen LogP contribution < -0.4 is 10.6 Å². The third kappa shape index (κ3) is 2.79. The summed E-state index contributed by atoms with van der Waals surface area (Å²) in [6.07, 6.45) is 0. The minimum Gasteiger partial charge on any atom is -0.369 e. The van der Waals surface area contributed by atoms with Crippen molar-refractivity contribution in [3.8, 4) is 0 Å². The van der Waals surface area contributed by atoms with Gasteiger partial charge in [0.1, 0.15) is 0 Å². The molecule has 0 spiro atoms. The molecule has 0 aliphatic carbocycles. The van der Waals surface area contributed by atoms with Crippen LogP contribution in [-0.2, 0) is 6.54 Å². The third-order valence-corrected chi connectivity index (χ3v) is 3.66. The second-order valence-electron chi connectivity index (χ2n) is 4.75. The molecule has 3 nitrogen and oxygen atoms in total. The fraction of sp³-hybridized carbons (Fsp3) is 0.571. The van der Waals surface area contributed by atoms with E-state index >= 15 is 0 Å². The molecule has 1 aliphatic rings. The highest BCUT2D eigenvalue weighted by Gasteiger charge is 2.16. The van der Waals surface area contributed by atoms with Crippen LogP contribution >= 0.6 is 0 Å². The molecule has 0 bridgehead atoms. The van der Waals surface area contributed by atoms with Crippen LogP contribution in [0.5, 0.6) is 0 Å². The Morgan fingerprint density at radius 1 is 1.18 bits per heavy atom. The SMILES string of the molecule is CCN1CCN(c2ccc(CN)cc2C)CC1. The zero-order valence-electron chi connectivity index (χ0n) is 10.9. The summed E-state index contributed by atoms with van der Waals surface area (Å²) in [5.41, 5.74) is 9.60. The average molecular weight is 233 g/mol. The molecule has 1 aromatic carbocycles. The highest BCUT2D eigenvalue weighted by atomic mass is 15.3. The first-order valence-corrected chi connectivity index (χ1v) is 6.51. The van der Waals surface area contributed by atoms with E-state index in [4.69, 9.17) is 5.73 Å². The minimum absolute atomic E-state index is 0.630. The van der Waals surface area contributed by atoms with Gasteiger partial charge in [-0.15, -0.1) is 0 Å². The van der Waals surface area contributed by atoms with Gasteiger partial charge >= 0.3 is 0 Å². The topological polar surface area (TPSA) is 32.5 Å². The monoisotopic (exact) mass is 233 g/mol. The number of aryl methyl sites for hydroxylation is 1. The van der Waals surface area contributed by atoms with Gasteiger partial charge in [-0.2, -0.15) is 0 Å². The first-order valence-electron chi connectivity index (χ1n) is 6.51. The van der Waals surface area contributed by atoms with Gasteiger partial charge in [0.2, 0.25) is 0 Å². The third-order valence-electron chi connectivity index (χ3n) is 3.66. The van der Waals surface area contributed by atoms with Crippen LogP contribution in [0.4, 0.5) is 5.69 Å². The molecule has 0 radical (unpaired) electrons. The largest absolute Gasteiger partial charge is 0.369 e. The van der Waals surface area contributed by atoms with E-state index < -0.39 is 0 Å². The highest BCUT2D eigenvalue weighted by molar-refractivity contribution is 5.54. The summed E-state index contributed by atoms with van der Waals surface area (Å²) in [5, 5.41) is 0. The van der Waals surface area contributed by atoms with Crippen molar-refractivity contribution in [1.82, 2.24) is 4.90 Å². The van der Waals surface area contributed by atoms with E-state index in [0.29, 0.717) is 6.54 Å². The summed E-state index contributed by atoms with van der Waals surface area (Å²) < 4.78 is 0. The predicted molar refractivity (Wildman–Crippen MR) is 73.4 cm³/mol. The van der Waals surface area contributed by atoms with Crippen molar-refractivity contribution in [2.24, 2.45) is 5.73 Å². The molecule has 0 unspecified atom stereocenters. The Labute approximate surface area is 104 Å².